The summed E-state index contributed by atoms with van der Waals surface area (Å²) in [4.78, 5) is 20.9. The van der Waals surface area contributed by atoms with Gasteiger partial charge < -0.3 is 0 Å². The average molecular weight is 299 g/mol. The van der Waals surface area contributed by atoms with Crippen LogP contribution < -0.4 is 0 Å². The predicted octanol–water partition coefficient (Wildman–Crippen LogP) is 1.84. The van der Waals surface area contributed by atoms with Crippen LogP contribution in [0.3, 0.4) is 0 Å². The van der Waals surface area contributed by atoms with Crippen molar-refractivity contribution in [2.45, 2.75) is 17.7 Å². The molecule has 0 N–H and O–H groups in total. The third kappa shape index (κ3) is 4.56. The quantitative estimate of drug-likeness (QED) is 0.314. The van der Waals surface area contributed by atoms with Gasteiger partial charge in [-0.25, -0.2) is 0 Å². The van der Waals surface area contributed by atoms with Crippen molar-refractivity contribution >= 4 is 21.6 Å². The maximum Gasteiger partial charge on any atom is 0.297 e. The summed E-state index contributed by atoms with van der Waals surface area (Å²) >= 11 is 0. The third-order valence-corrected chi connectivity index (χ3v) is 3.62. The van der Waals surface area contributed by atoms with E-state index in [1.807, 2.05) is 0 Å². The summed E-state index contributed by atoms with van der Waals surface area (Å²) in [5.74, 6) is -0.365. The second-order valence-corrected chi connectivity index (χ2v) is 5.45. The first-order valence-corrected chi connectivity index (χ1v) is 7.04. The standard InChI is InChI=1S/C12H13NO6S/c1-2-3-4-11(14)9-19-20(17,18)12-7-5-10(6-8-12)13(15)16/h2,5-8H,1,3-4,9H2. The van der Waals surface area contributed by atoms with Gasteiger partial charge in [0.15, 0.2) is 5.78 Å². The van der Waals surface area contributed by atoms with Crippen molar-refractivity contribution in [2.24, 2.45) is 0 Å². The van der Waals surface area contributed by atoms with Gasteiger partial charge in [0.25, 0.3) is 15.8 Å². The summed E-state index contributed by atoms with van der Waals surface area (Å²) in [5.41, 5.74) is -0.231. The van der Waals surface area contributed by atoms with Gasteiger partial charge in [0.1, 0.15) is 6.61 Å². The molecule has 0 aromatic heterocycles. The number of nitrogens with zero attached hydrogens (tertiary/aromatic N) is 1. The molecular formula is C12H13NO6S. The molecule has 0 bridgehead atoms. The topological polar surface area (TPSA) is 104 Å². The highest BCUT2D eigenvalue weighted by Crippen LogP contribution is 2.17. The van der Waals surface area contributed by atoms with Crippen LogP contribution >= 0.6 is 0 Å². The second kappa shape index (κ2) is 6.92. The van der Waals surface area contributed by atoms with Crippen LogP contribution in [-0.4, -0.2) is 25.7 Å². The van der Waals surface area contributed by atoms with Crippen molar-refractivity contribution < 1.29 is 22.3 Å². The Morgan fingerprint density at radius 1 is 1.35 bits per heavy atom. The first-order chi connectivity index (χ1) is 9.36. The van der Waals surface area contributed by atoms with E-state index in [2.05, 4.69) is 10.8 Å². The van der Waals surface area contributed by atoms with Gasteiger partial charge in [0.2, 0.25) is 0 Å². The highest BCUT2D eigenvalue weighted by molar-refractivity contribution is 7.86. The van der Waals surface area contributed by atoms with Crippen molar-refractivity contribution in [3.05, 3.63) is 47.0 Å². The van der Waals surface area contributed by atoms with E-state index in [9.17, 15) is 23.3 Å². The fourth-order valence-corrected chi connectivity index (χ4v) is 2.17. The molecule has 0 radical (unpaired) electrons. The molecule has 1 aromatic rings. The van der Waals surface area contributed by atoms with Crippen molar-refractivity contribution in [1.29, 1.82) is 0 Å². The Labute approximate surface area is 116 Å². The van der Waals surface area contributed by atoms with Crippen LogP contribution in [0.5, 0.6) is 0 Å². The van der Waals surface area contributed by atoms with Crippen LogP contribution in [0.25, 0.3) is 0 Å². The molecule has 0 unspecified atom stereocenters. The minimum atomic E-state index is -4.09. The zero-order valence-corrected chi connectivity index (χ0v) is 11.3. The lowest BCUT2D eigenvalue weighted by Crippen LogP contribution is -2.14. The first kappa shape index (κ1) is 16.0. The van der Waals surface area contributed by atoms with E-state index in [4.69, 9.17) is 0 Å². The Bertz CT molecular complexity index is 605. The minimum absolute atomic E-state index is 0.152. The molecule has 0 aliphatic heterocycles. The van der Waals surface area contributed by atoms with Crippen LogP contribution in [0.1, 0.15) is 12.8 Å². The Morgan fingerprint density at radius 3 is 2.45 bits per heavy atom. The average Bonchev–Trinajstić information content (AvgIpc) is 2.43. The molecule has 0 saturated heterocycles. The van der Waals surface area contributed by atoms with E-state index >= 15 is 0 Å². The number of rotatable bonds is 8. The summed E-state index contributed by atoms with van der Waals surface area (Å²) in [6.07, 6.45) is 2.14. The number of nitro benzene ring substituents is 1. The number of nitro groups is 1. The smallest absolute Gasteiger partial charge is 0.297 e. The lowest BCUT2D eigenvalue weighted by atomic mass is 10.2. The Hall–Kier alpha value is -2.06. The number of carbonyl (C=O) groups is 1. The van der Waals surface area contributed by atoms with Gasteiger partial charge >= 0.3 is 0 Å². The molecule has 0 spiro atoms. The largest absolute Gasteiger partial charge is 0.297 e. The van der Waals surface area contributed by atoms with Gasteiger partial charge in [0.05, 0.1) is 9.82 Å². The zero-order valence-electron chi connectivity index (χ0n) is 10.5. The lowest BCUT2D eigenvalue weighted by Gasteiger charge is -2.04. The van der Waals surface area contributed by atoms with Gasteiger partial charge in [-0.05, 0) is 18.6 Å². The molecule has 108 valence electrons. The number of non-ortho nitro benzene ring substituents is 1. The van der Waals surface area contributed by atoms with Crippen molar-refractivity contribution in [3.63, 3.8) is 0 Å². The highest BCUT2D eigenvalue weighted by Gasteiger charge is 2.18. The molecule has 8 heteroatoms. The first-order valence-electron chi connectivity index (χ1n) is 5.63. The summed E-state index contributed by atoms with van der Waals surface area (Å²) in [6.45, 7) is 2.88. The molecule has 0 fully saturated rings. The van der Waals surface area contributed by atoms with Crippen LogP contribution in [0, 0.1) is 10.1 Å². The Morgan fingerprint density at radius 2 is 1.95 bits per heavy atom. The number of Topliss-reactive ketones (excluding diaryl/α,β-unsaturated/α-hetero) is 1. The van der Waals surface area contributed by atoms with Gasteiger partial charge in [-0.3, -0.25) is 19.1 Å². The summed E-state index contributed by atoms with van der Waals surface area (Å²) in [6, 6.07) is 4.22. The van der Waals surface area contributed by atoms with Crippen LogP contribution in [0.4, 0.5) is 5.69 Å². The van der Waals surface area contributed by atoms with E-state index in [0.717, 1.165) is 24.3 Å². The predicted molar refractivity (Wildman–Crippen MR) is 70.7 cm³/mol. The van der Waals surface area contributed by atoms with Crippen molar-refractivity contribution in [3.8, 4) is 0 Å². The van der Waals surface area contributed by atoms with Crippen LogP contribution in [-0.2, 0) is 19.1 Å². The molecule has 1 rings (SSSR count). The molecule has 0 aliphatic carbocycles. The van der Waals surface area contributed by atoms with Crippen LogP contribution in [0.2, 0.25) is 0 Å². The number of hydrogen-bond donors (Lipinski definition) is 0. The Kier molecular flexibility index (Phi) is 5.53. The number of benzene rings is 1. The van der Waals surface area contributed by atoms with E-state index < -0.39 is 21.6 Å². The summed E-state index contributed by atoms with van der Waals surface area (Å²) < 4.78 is 28.0. The Balaban J connectivity index is 2.71. The highest BCUT2D eigenvalue weighted by atomic mass is 32.2. The van der Waals surface area contributed by atoms with Crippen molar-refractivity contribution in [2.75, 3.05) is 6.61 Å². The van der Waals surface area contributed by atoms with E-state index in [1.54, 1.807) is 6.08 Å². The lowest BCUT2D eigenvalue weighted by molar-refractivity contribution is -0.384. The normalized spacial score (nSPS) is 11.0. The maximum absolute atomic E-state index is 11.7. The van der Waals surface area contributed by atoms with E-state index in [-0.39, 0.29) is 22.8 Å². The molecule has 20 heavy (non-hydrogen) atoms. The fourth-order valence-electron chi connectivity index (χ4n) is 1.28. The monoisotopic (exact) mass is 299 g/mol. The molecule has 0 aliphatic rings. The third-order valence-electron chi connectivity index (χ3n) is 2.34. The molecule has 0 heterocycles. The zero-order chi connectivity index (χ0) is 15.2. The second-order valence-electron chi connectivity index (χ2n) is 3.83. The van der Waals surface area contributed by atoms with Gasteiger partial charge in [0, 0.05) is 18.6 Å². The summed E-state index contributed by atoms with van der Waals surface area (Å²) in [7, 11) is -4.09. The summed E-state index contributed by atoms with van der Waals surface area (Å²) in [5, 5.41) is 10.4. The fraction of sp³-hybridized carbons (Fsp3) is 0.250. The SMILES string of the molecule is C=CCCC(=O)COS(=O)(=O)c1ccc([N+](=O)[O-])cc1. The molecular weight excluding hydrogens is 286 g/mol. The molecule has 1 aromatic carbocycles. The van der Waals surface area contributed by atoms with Gasteiger partial charge in [-0.2, -0.15) is 8.42 Å². The molecule has 0 atom stereocenters. The number of hydrogen-bond acceptors (Lipinski definition) is 6. The molecule has 7 nitrogen and oxygen atoms in total. The maximum atomic E-state index is 11.7. The van der Waals surface area contributed by atoms with Crippen LogP contribution in [0.15, 0.2) is 41.8 Å². The van der Waals surface area contributed by atoms with Crippen molar-refractivity contribution in [1.82, 2.24) is 0 Å². The van der Waals surface area contributed by atoms with Gasteiger partial charge in [-0.1, -0.05) is 6.08 Å². The number of allylic oxidation sites excluding steroid dienone is 1. The molecule has 0 saturated carbocycles. The molecule has 0 amide bonds. The van der Waals surface area contributed by atoms with Gasteiger partial charge in [-0.15, -0.1) is 6.58 Å². The number of carbonyl (C=O) groups excluding carboxylic acids is 1. The van der Waals surface area contributed by atoms with E-state index in [0.29, 0.717) is 6.42 Å². The number of ketones is 1. The van der Waals surface area contributed by atoms with E-state index in [1.165, 1.54) is 0 Å². The minimum Gasteiger partial charge on any atom is -0.297 e.